The van der Waals surface area contributed by atoms with Crippen molar-refractivity contribution >= 4 is 44.8 Å². The molecule has 0 aliphatic heterocycles. The molecule has 1 aromatic rings. The van der Waals surface area contributed by atoms with Crippen LogP contribution >= 0.6 is 28.1 Å². The fraction of sp³-hybridized carbons (Fsp3) is 0.429. The van der Waals surface area contributed by atoms with Crippen molar-refractivity contribution in [2.75, 3.05) is 38.8 Å². The Balaban J connectivity index is 2.88. The van der Waals surface area contributed by atoms with E-state index in [4.69, 9.17) is 22.7 Å². The molecule has 7 heteroatoms. The average molecular weight is 375 g/mol. The maximum atomic E-state index is 11.3. The zero-order valence-corrected chi connectivity index (χ0v) is 14.5. The lowest BCUT2D eigenvalue weighted by atomic mass is 10.2. The molecule has 1 rings (SSSR count). The van der Waals surface area contributed by atoms with Crippen molar-refractivity contribution in [3.8, 4) is 0 Å². The standard InChI is InChI=1S/C14H19BrN2O3S/c1-19-8-7-17(6-5-13(18)20-2)10-3-4-11(14(16)21)12(15)9-10/h3-4,9H,5-8H2,1-2H3,(H2,16,21). The van der Waals surface area contributed by atoms with Crippen LogP contribution in [0.1, 0.15) is 12.0 Å². The van der Waals surface area contributed by atoms with Crippen LogP contribution in [0.2, 0.25) is 0 Å². The second kappa shape index (κ2) is 8.96. The van der Waals surface area contributed by atoms with Gasteiger partial charge in [-0.15, -0.1) is 0 Å². The van der Waals surface area contributed by atoms with Crippen molar-refractivity contribution < 1.29 is 14.3 Å². The van der Waals surface area contributed by atoms with Crippen LogP contribution in [0.4, 0.5) is 5.69 Å². The van der Waals surface area contributed by atoms with Crippen LogP contribution < -0.4 is 10.6 Å². The Labute approximate surface area is 138 Å². The lowest BCUT2D eigenvalue weighted by molar-refractivity contribution is -0.140. The number of hydrogen-bond acceptors (Lipinski definition) is 5. The molecule has 2 N–H and O–H groups in total. The third kappa shape index (κ3) is 5.61. The largest absolute Gasteiger partial charge is 0.469 e. The first-order chi connectivity index (χ1) is 9.99. The predicted octanol–water partition coefficient (Wildman–Crippen LogP) is 2.10. The molecule has 5 nitrogen and oxygen atoms in total. The van der Waals surface area contributed by atoms with Gasteiger partial charge >= 0.3 is 5.97 Å². The summed E-state index contributed by atoms with van der Waals surface area (Å²) >= 11 is 8.44. The number of benzene rings is 1. The number of nitrogens with two attached hydrogens (primary N) is 1. The molecule has 0 saturated heterocycles. The minimum Gasteiger partial charge on any atom is -0.469 e. The highest BCUT2D eigenvalue weighted by molar-refractivity contribution is 9.10. The zero-order valence-electron chi connectivity index (χ0n) is 12.1. The third-order valence-electron chi connectivity index (χ3n) is 2.96. The first-order valence-corrected chi connectivity index (χ1v) is 7.59. The van der Waals surface area contributed by atoms with Gasteiger partial charge in [-0.3, -0.25) is 4.79 Å². The molecule has 0 aliphatic carbocycles. The molecule has 0 aromatic heterocycles. The summed E-state index contributed by atoms with van der Waals surface area (Å²) in [5, 5.41) is 0. The van der Waals surface area contributed by atoms with Gasteiger partial charge in [-0.1, -0.05) is 12.2 Å². The molecule has 1 aromatic carbocycles. The first kappa shape index (κ1) is 17.9. The van der Waals surface area contributed by atoms with Gasteiger partial charge in [-0.2, -0.15) is 0 Å². The number of carbonyl (C=O) groups is 1. The Morgan fingerprint density at radius 2 is 2.10 bits per heavy atom. The molecule has 0 radical (unpaired) electrons. The molecule has 0 atom stereocenters. The number of halogens is 1. The molecule has 0 saturated carbocycles. The molecule has 0 bridgehead atoms. The predicted molar refractivity (Wildman–Crippen MR) is 90.8 cm³/mol. The number of nitrogens with zero attached hydrogens (tertiary/aromatic N) is 1. The Kier molecular flexibility index (Phi) is 7.63. The SMILES string of the molecule is COCCN(CCC(=O)OC)c1ccc(C(N)=S)c(Br)c1. The summed E-state index contributed by atoms with van der Waals surface area (Å²) in [4.78, 5) is 13.7. The monoisotopic (exact) mass is 374 g/mol. The van der Waals surface area contributed by atoms with E-state index in [2.05, 4.69) is 25.6 Å². The first-order valence-electron chi connectivity index (χ1n) is 6.39. The maximum Gasteiger partial charge on any atom is 0.307 e. The van der Waals surface area contributed by atoms with Crippen molar-refractivity contribution in [3.05, 3.63) is 28.2 Å². The second-order valence-electron chi connectivity index (χ2n) is 4.33. The van der Waals surface area contributed by atoms with Gasteiger partial charge in [0.2, 0.25) is 0 Å². The lowest BCUT2D eigenvalue weighted by Gasteiger charge is -2.24. The van der Waals surface area contributed by atoms with Crippen LogP contribution in [0.25, 0.3) is 0 Å². The Morgan fingerprint density at radius 1 is 1.38 bits per heavy atom. The lowest BCUT2D eigenvalue weighted by Crippen LogP contribution is -2.30. The summed E-state index contributed by atoms with van der Waals surface area (Å²) in [6.07, 6.45) is 0.314. The van der Waals surface area contributed by atoms with Gasteiger partial charge in [0.1, 0.15) is 4.99 Å². The number of rotatable bonds is 8. The van der Waals surface area contributed by atoms with E-state index >= 15 is 0 Å². The zero-order chi connectivity index (χ0) is 15.8. The second-order valence-corrected chi connectivity index (χ2v) is 5.63. The third-order valence-corrected chi connectivity index (χ3v) is 3.84. The van der Waals surface area contributed by atoms with Gasteiger partial charge in [0.15, 0.2) is 0 Å². The number of esters is 1. The number of methoxy groups -OCH3 is 2. The summed E-state index contributed by atoms with van der Waals surface area (Å²) in [6, 6.07) is 5.72. The molecule has 0 spiro atoms. The van der Waals surface area contributed by atoms with Gasteiger partial charge < -0.3 is 20.1 Å². The van der Waals surface area contributed by atoms with Gasteiger partial charge in [-0.05, 0) is 34.1 Å². The summed E-state index contributed by atoms with van der Waals surface area (Å²) in [5.41, 5.74) is 7.39. The summed E-state index contributed by atoms with van der Waals surface area (Å²) in [6.45, 7) is 1.79. The highest BCUT2D eigenvalue weighted by Crippen LogP contribution is 2.24. The van der Waals surface area contributed by atoms with E-state index in [0.717, 1.165) is 15.7 Å². The molecule has 0 unspecified atom stereocenters. The molecule has 116 valence electrons. The molecule has 0 aliphatic rings. The van der Waals surface area contributed by atoms with Crippen LogP contribution in [0.15, 0.2) is 22.7 Å². The van der Waals surface area contributed by atoms with Crippen LogP contribution in [-0.2, 0) is 14.3 Å². The number of hydrogen-bond donors (Lipinski definition) is 1. The van der Waals surface area contributed by atoms with Crippen LogP contribution in [-0.4, -0.2) is 44.9 Å². The van der Waals surface area contributed by atoms with E-state index in [1.54, 1.807) is 7.11 Å². The smallest absolute Gasteiger partial charge is 0.307 e. The molecule has 0 heterocycles. The van der Waals surface area contributed by atoms with E-state index in [0.29, 0.717) is 31.1 Å². The van der Waals surface area contributed by atoms with E-state index in [1.165, 1.54) is 7.11 Å². The minimum absolute atomic E-state index is 0.240. The van der Waals surface area contributed by atoms with E-state index in [1.807, 2.05) is 18.2 Å². The minimum atomic E-state index is -0.240. The Morgan fingerprint density at radius 3 is 2.62 bits per heavy atom. The van der Waals surface area contributed by atoms with Crippen LogP contribution in [0.3, 0.4) is 0 Å². The summed E-state index contributed by atoms with van der Waals surface area (Å²) < 4.78 is 10.6. The fourth-order valence-electron chi connectivity index (χ4n) is 1.80. The highest BCUT2D eigenvalue weighted by Gasteiger charge is 2.12. The van der Waals surface area contributed by atoms with E-state index in [9.17, 15) is 4.79 Å². The molecule has 0 amide bonds. The average Bonchev–Trinajstić information content (AvgIpc) is 2.46. The molecule has 0 fully saturated rings. The fourth-order valence-corrected chi connectivity index (χ4v) is 2.69. The number of ether oxygens (including phenoxy) is 2. The quantitative estimate of drug-likeness (QED) is 0.555. The van der Waals surface area contributed by atoms with Crippen molar-refractivity contribution in [3.63, 3.8) is 0 Å². The van der Waals surface area contributed by atoms with Crippen LogP contribution in [0.5, 0.6) is 0 Å². The highest BCUT2D eigenvalue weighted by atomic mass is 79.9. The molecular weight excluding hydrogens is 356 g/mol. The van der Waals surface area contributed by atoms with Gasteiger partial charge in [0.05, 0.1) is 20.1 Å². The van der Waals surface area contributed by atoms with Crippen molar-refractivity contribution in [2.45, 2.75) is 6.42 Å². The van der Waals surface area contributed by atoms with E-state index in [-0.39, 0.29) is 5.97 Å². The van der Waals surface area contributed by atoms with E-state index < -0.39 is 0 Å². The van der Waals surface area contributed by atoms with Crippen molar-refractivity contribution in [1.82, 2.24) is 0 Å². The Bertz CT molecular complexity index is 511. The summed E-state index contributed by atoms with van der Waals surface area (Å²) in [7, 11) is 3.03. The van der Waals surface area contributed by atoms with Gasteiger partial charge in [0.25, 0.3) is 0 Å². The maximum absolute atomic E-state index is 11.3. The van der Waals surface area contributed by atoms with Crippen molar-refractivity contribution in [1.29, 1.82) is 0 Å². The molecule has 21 heavy (non-hydrogen) atoms. The summed E-state index contributed by atoms with van der Waals surface area (Å²) in [5.74, 6) is -0.240. The number of anilines is 1. The molecular formula is C14H19BrN2O3S. The normalized spacial score (nSPS) is 10.2. The number of carbonyl (C=O) groups excluding carboxylic acids is 1. The topological polar surface area (TPSA) is 64.8 Å². The van der Waals surface area contributed by atoms with Gasteiger partial charge in [-0.25, -0.2) is 0 Å². The van der Waals surface area contributed by atoms with Crippen molar-refractivity contribution in [2.24, 2.45) is 5.73 Å². The Hall–Kier alpha value is -1.18. The van der Waals surface area contributed by atoms with Crippen LogP contribution in [0, 0.1) is 0 Å². The number of thiocarbonyl (C=S) groups is 1. The van der Waals surface area contributed by atoms with Gasteiger partial charge in [0, 0.05) is 35.9 Å².